The minimum atomic E-state index is 0.412. The number of hydrogen-bond donors (Lipinski definition) is 0. The molecule has 2 heteroatoms. The van der Waals surface area contributed by atoms with Crippen LogP contribution in [0.15, 0.2) is 0 Å². The summed E-state index contributed by atoms with van der Waals surface area (Å²) in [4.78, 5) is 0.733. The first-order valence-electron chi connectivity index (χ1n) is 11.6. The summed E-state index contributed by atoms with van der Waals surface area (Å²) < 4.78 is 0.412. The van der Waals surface area contributed by atoms with Gasteiger partial charge in [-0.25, -0.2) is 0 Å². The van der Waals surface area contributed by atoms with E-state index in [-0.39, 0.29) is 0 Å². The van der Waals surface area contributed by atoms with Gasteiger partial charge in [-0.2, -0.15) is 0 Å². The van der Waals surface area contributed by atoms with Crippen LogP contribution in [-0.2, 0) is 0 Å². The average molecular weight is 488 g/mol. The fraction of sp³-hybridized carbons (Fsp3) is 1.00. The predicted octanol–water partition coefficient (Wildman–Crippen LogP) is 8.36. The van der Waals surface area contributed by atoms with Crippen LogP contribution in [0.25, 0.3) is 0 Å². The summed E-state index contributed by atoms with van der Waals surface area (Å²) in [6, 6.07) is 0. The Morgan fingerprint density at radius 2 is 1.73 bits per heavy atom. The summed E-state index contributed by atoms with van der Waals surface area (Å²) in [7, 11) is 0. The molecule has 2 unspecified atom stereocenters. The van der Waals surface area contributed by atoms with Crippen molar-refractivity contribution in [3.8, 4) is 0 Å². The molecule has 0 aliphatic heterocycles. The van der Waals surface area contributed by atoms with Crippen LogP contribution in [-0.4, -0.2) is 9.15 Å². The molecule has 0 radical (unpaired) electrons. The van der Waals surface area contributed by atoms with Gasteiger partial charge in [0, 0.05) is 9.15 Å². The van der Waals surface area contributed by atoms with E-state index < -0.39 is 0 Å². The minimum Gasteiger partial charge on any atom is -0.0885 e. The molecule has 4 aliphatic carbocycles. The van der Waals surface area contributed by atoms with E-state index in [1.165, 1.54) is 70.6 Å². The van der Waals surface area contributed by atoms with E-state index in [9.17, 15) is 0 Å². The molecular weight excluding hydrogens is 448 g/mol. The summed E-state index contributed by atoms with van der Waals surface area (Å²) >= 11 is 8.73. The highest BCUT2D eigenvalue weighted by atomic mass is 79.9. The molecule has 4 saturated carbocycles. The van der Waals surface area contributed by atoms with Crippen molar-refractivity contribution in [2.75, 3.05) is 0 Å². The molecule has 0 bridgehead atoms. The molecule has 0 nitrogen and oxygen atoms in total. The van der Waals surface area contributed by atoms with Gasteiger partial charge >= 0.3 is 0 Å². The third kappa shape index (κ3) is 2.69. The first-order chi connectivity index (χ1) is 12.3. The van der Waals surface area contributed by atoms with Gasteiger partial charge < -0.3 is 0 Å². The summed E-state index contributed by atoms with van der Waals surface area (Å²) in [5.41, 5.74) is 1.09. The van der Waals surface area contributed by atoms with Gasteiger partial charge in [-0.1, -0.05) is 78.8 Å². The number of hydrogen-bond acceptors (Lipinski definition) is 0. The second-order valence-electron chi connectivity index (χ2n) is 11.0. The molecule has 0 aromatic rings. The van der Waals surface area contributed by atoms with Gasteiger partial charge in [0.15, 0.2) is 0 Å². The van der Waals surface area contributed by atoms with E-state index in [0.29, 0.717) is 15.2 Å². The molecule has 0 spiro atoms. The summed E-state index contributed by atoms with van der Waals surface area (Å²) in [5, 5.41) is 0. The number of halogens is 2. The second kappa shape index (κ2) is 7.03. The SMILES string of the molecule is CCC[C@@H](C)[C@H]1CC[C@@H]2[C@]1(C)CC[C@@H]1[C@@]3(C)C(Br)CCCC3CC[C@]12Br. The van der Waals surface area contributed by atoms with Crippen LogP contribution < -0.4 is 0 Å². The van der Waals surface area contributed by atoms with Crippen LogP contribution in [0.2, 0.25) is 0 Å². The minimum absolute atomic E-state index is 0.412. The van der Waals surface area contributed by atoms with Crippen molar-refractivity contribution in [2.24, 2.45) is 40.4 Å². The Bertz CT molecular complexity index is 532. The molecule has 0 amide bonds. The van der Waals surface area contributed by atoms with Crippen molar-refractivity contribution < 1.29 is 0 Å². The topological polar surface area (TPSA) is 0 Å². The van der Waals surface area contributed by atoms with E-state index in [4.69, 9.17) is 0 Å². The van der Waals surface area contributed by atoms with Crippen LogP contribution in [0.3, 0.4) is 0 Å². The van der Waals surface area contributed by atoms with E-state index >= 15 is 0 Å². The van der Waals surface area contributed by atoms with E-state index in [0.717, 1.165) is 34.4 Å². The monoisotopic (exact) mass is 486 g/mol. The summed E-state index contributed by atoms with van der Waals surface area (Å²) in [6.45, 7) is 10.3. The van der Waals surface area contributed by atoms with E-state index in [1.807, 2.05) is 0 Å². The van der Waals surface area contributed by atoms with Crippen molar-refractivity contribution >= 4 is 31.9 Å². The first-order valence-corrected chi connectivity index (χ1v) is 13.3. The Hall–Kier alpha value is 0.960. The lowest BCUT2D eigenvalue weighted by atomic mass is 9.44. The second-order valence-corrected chi connectivity index (χ2v) is 13.6. The lowest BCUT2D eigenvalue weighted by Crippen LogP contribution is -2.63. The molecule has 150 valence electrons. The Labute approximate surface area is 179 Å². The zero-order valence-electron chi connectivity index (χ0n) is 17.5. The third-order valence-electron chi connectivity index (χ3n) is 10.2. The van der Waals surface area contributed by atoms with Crippen LogP contribution in [0.1, 0.15) is 98.3 Å². The van der Waals surface area contributed by atoms with E-state index in [2.05, 4.69) is 59.6 Å². The van der Waals surface area contributed by atoms with Crippen molar-refractivity contribution in [1.29, 1.82) is 0 Å². The molecule has 4 fully saturated rings. The quantitative estimate of drug-likeness (QED) is 0.350. The highest BCUT2D eigenvalue weighted by Crippen LogP contribution is 2.72. The molecule has 0 N–H and O–H groups in total. The standard InChI is InChI=1S/C24H40Br2/c1-5-7-16(2)18-10-11-19-22(18,3)14-13-20-23(4)17(8-6-9-21(23)25)12-15-24(19,20)26/h16-21H,5-15H2,1-4H3/t16-,17?,18-,19-,20-,21?,22-,23+,24-/m1/s1. The molecule has 4 aliphatic rings. The van der Waals surface area contributed by atoms with Crippen LogP contribution in [0, 0.1) is 40.4 Å². The third-order valence-corrected chi connectivity index (χ3v) is 13.1. The first kappa shape index (κ1) is 20.2. The Balaban J connectivity index is 1.66. The molecule has 9 atom stereocenters. The maximum atomic E-state index is 4.53. The molecule has 0 saturated heterocycles. The normalized spacial score (nSPS) is 54.9. The summed E-state index contributed by atoms with van der Waals surface area (Å²) in [5.74, 6) is 4.60. The maximum Gasteiger partial charge on any atom is 0.0325 e. The smallest absolute Gasteiger partial charge is 0.0325 e. The lowest BCUT2D eigenvalue weighted by Gasteiger charge is -2.65. The van der Waals surface area contributed by atoms with Crippen molar-refractivity contribution in [1.82, 2.24) is 0 Å². The maximum absolute atomic E-state index is 4.53. The van der Waals surface area contributed by atoms with Crippen molar-refractivity contribution in [3.05, 3.63) is 0 Å². The molecule has 0 aromatic heterocycles. The highest BCUT2D eigenvalue weighted by Gasteiger charge is 2.67. The van der Waals surface area contributed by atoms with Gasteiger partial charge in [-0.3, -0.25) is 0 Å². The molecule has 26 heavy (non-hydrogen) atoms. The Morgan fingerprint density at radius 1 is 0.962 bits per heavy atom. The largest absolute Gasteiger partial charge is 0.0885 e. The van der Waals surface area contributed by atoms with Gasteiger partial charge in [0.25, 0.3) is 0 Å². The Morgan fingerprint density at radius 3 is 2.46 bits per heavy atom. The Kier molecular flexibility index (Phi) is 5.47. The van der Waals surface area contributed by atoms with E-state index in [1.54, 1.807) is 0 Å². The number of alkyl halides is 2. The fourth-order valence-electron chi connectivity index (χ4n) is 8.89. The zero-order valence-corrected chi connectivity index (χ0v) is 20.7. The van der Waals surface area contributed by atoms with Crippen LogP contribution in [0.4, 0.5) is 0 Å². The summed E-state index contributed by atoms with van der Waals surface area (Å²) in [6.07, 6.45) is 15.9. The van der Waals surface area contributed by atoms with Gasteiger partial charge in [0.05, 0.1) is 0 Å². The number of fused-ring (bicyclic) bond motifs is 5. The molecule has 0 aromatic carbocycles. The number of rotatable bonds is 3. The van der Waals surface area contributed by atoms with Crippen molar-refractivity contribution in [3.63, 3.8) is 0 Å². The molecule has 4 rings (SSSR count). The van der Waals surface area contributed by atoms with Gasteiger partial charge in [0.2, 0.25) is 0 Å². The average Bonchev–Trinajstić information content (AvgIpc) is 2.95. The highest BCUT2D eigenvalue weighted by molar-refractivity contribution is 9.10. The van der Waals surface area contributed by atoms with Crippen LogP contribution >= 0.6 is 31.9 Å². The predicted molar refractivity (Wildman–Crippen MR) is 120 cm³/mol. The zero-order chi connectivity index (χ0) is 18.7. The molecule has 0 heterocycles. The van der Waals surface area contributed by atoms with Gasteiger partial charge in [-0.05, 0) is 91.8 Å². The van der Waals surface area contributed by atoms with Crippen LogP contribution in [0.5, 0.6) is 0 Å². The van der Waals surface area contributed by atoms with Gasteiger partial charge in [-0.15, -0.1) is 0 Å². The molecular formula is C24H40Br2. The van der Waals surface area contributed by atoms with Gasteiger partial charge in [0.1, 0.15) is 0 Å². The van der Waals surface area contributed by atoms with Crippen molar-refractivity contribution in [2.45, 2.75) is 107 Å². The fourth-order valence-corrected chi connectivity index (χ4v) is 11.6. The lowest BCUT2D eigenvalue weighted by molar-refractivity contribution is -0.0897.